The van der Waals surface area contributed by atoms with Crippen molar-refractivity contribution in [2.45, 2.75) is 82.6 Å². The molecule has 0 aromatic rings. The van der Waals surface area contributed by atoms with E-state index < -0.39 is 0 Å². The van der Waals surface area contributed by atoms with E-state index in [1.54, 1.807) is 0 Å². The molecule has 2 saturated carbocycles. The minimum atomic E-state index is -0.375. The third-order valence-corrected chi connectivity index (χ3v) is 4.20. The summed E-state index contributed by atoms with van der Waals surface area (Å²) in [7, 11) is 0. The summed E-state index contributed by atoms with van der Waals surface area (Å²) in [5.74, 6) is 0.0275. The smallest absolute Gasteiger partial charge is 0.249 e. The highest BCUT2D eigenvalue weighted by Gasteiger charge is 2.27. The fourth-order valence-corrected chi connectivity index (χ4v) is 3.01. The van der Waals surface area contributed by atoms with E-state index in [1.807, 2.05) is 6.92 Å². The standard InChI is InChI=1S/C14H26N2O2/c1-10(14(17)16-11-6-2-3-7-11)18-13-9-5-4-8-12(13)15/h10-13H,2-9,15H2,1H3,(H,16,17). The van der Waals surface area contributed by atoms with E-state index in [4.69, 9.17) is 10.5 Å². The molecule has 2 fully saturated rings. The van der Waals surface area contributed by atoms with E-state index in [9.17, 15) is 4.79 Å². The first-order valence-electron chi connectivity index (χ1n) is 7.38. The zero-order chi connectivity index (χ0) is 13.0. The molecule has 0 aromatic heterocycles. The predicted molar refractivity (Wildman–Crippen MR) is 71.2 cm³/mol. The van der Waals surface area contributed by atoms with E-state index in [0.717, 1.165) is 32.1 Å². The highest BCUT2D eigenvalue weighted by Crippen LogP contribution is 2.21. The average molecular weight is 254 g/mol. The van der Waals surface area contributed by atoms with Crippen molar-refractivity contribution in [3.05, 3.63) is 0 Å². The van der Waals surface area contributed by atoms with Crippen LogP contribution < -0.4 is 11.1 Å². The summed E-state index contributed by atoms with van der Waals surface area (Å²) in [4.78, 5) is 12.0. The summed E-state index contributed by atoms with van der Waals surface area (Å²) in [6.07, 6.45) is 8.72. The van der Waals surface area contributed by atoms with E-state index >= 15 is 0 Å². The second-order valence-electron chi connectivity index (χ2n) is 5.76. The van der Waals surface area contributed by atoms with E-state index in [1.165, 1.54) is 19.3 Å². The Labute approximate surface area is 110 Å². The van der Waals surface area contributed by atoms with Gasteiger partial charge in [0.15, 0.2) is 0 Å². The number of nitrogens with one attached hydrogen (secondary N) is 1. The number of carbonyl (C=O) groups is 1. The number of nitrogens with two attached hydrogens (primary N) is 1. The van der Waals surface area contributed by atoms with Crippen LogP contribution >= 0.6 is 0 Å². The molecular formula is C14H26N2O2. The lowest BCUT2D eigenvalue weighted by Gasteiger charge is -2.31. The minimum Gasteiger partial charge on any atom is -0.364 e. The maximum atomic E-state index is 12.0. The predicted octanol–water partition coefficient (Wildman–Crippen LogP) is 1.72. The largest absolute Gasteiger partial charge is 0.364 e. The molecule has 0 saturated heterocycles. The van der Waals surface area contributed by atoms with Gasteiger partial charge in [-0.1, -0.05) is 25.7 Å². The molecule has 3 N–H and O–H groups in total. The van der Waals surface area contributed by atoms with Gasteiger partial charge in [-0.05, 0) is 32.6 Å². The molecule has 0 heterocycles. The Morgan fingerprint density at radius 2 is 1.78 bits per heavy atom. The van der Waals surface area contributed by atoms with Gasteiger partial charge in [-0.3, -0.25) is 4.79 Å². The van der Waals surface area contributed by atoms with Crippen LogP contribution in [-0.2, 0) is 9.53 Å². The zero-order valence-electron chi connectivity index (χ0n) is 11.4. The molecule has 4 heteroatoms. The summed E-state index contributed by atoms with van der Waals surface area (Å²) >= 11 is 0. The van der Waals surface area contributed by atoms with Crippen LogP contribution in [0.1, 0.15) is 58.3 Å². The van der Waals surface area contributed by atoms with Crippen LogP contribution in [0.25, 0.3) is 0 Å². The van der Waals surface area contributed by atoms with Crippen LogP contribution in [0.2, 0.25) is 0 Å². The van der Waals surface area contributed by atoms with Gasteiger partial charge in [0.05, 0.1) is 6.10 Å². The molecule has 0 aliphatic heterocycles. The fourth-order valence-electron chi connectivity index (χ4n) is 3.01. The molecule has 0 aromatic carbocycles. The molecule has 0 spiro atoms. The summed E-state index contributed by atoms with van der Waals surface area (Å²) in [6, 6.07) is 0.462. The Bertz CT molecular complexity index is 277. The number of amides is 1. The first kappa shape index (κ1) is 13.8. The summed E-state index contributed by atoms with van der Waals surface area (Å²) < 4.78 is 5.84. The molecule has 2 rings (SSSR count). The lowest BCUT2D eigenvalue weighted by Crippen LogP contribution is -2.46. The molecule has 18 heavy (non-hydrogen) atoms. The highest BCUT2D eigenvalue weighted by atomic mass is 16.5. The fraction of sp³-hybridized carbons (Fsp3) is 0.929. The molecule has 3 atom stereocenters. The lowest BCUT2D eigenvalue weighted by atomic mass is 9.93. The summed E-state index contributed by atoms with van der Waals surface area (Å²) in [6.45, 7) is 1.84. The maximum absolute atomic E-state index is 12.0. The average Bonchev–Trinajstić information content (AvgIpc) is 2.84. The van der Waals surface area contributed by atoms with Crippen LogP contribution in [0.4, 0.5) is 0 Å². The van der Waals surface area contributed by atoms with Crippen molar-refractivity contribution in [3.63, 3.8) is 0 Å². The van der Waals surface area contributed by atoms with E-state index in [-0.39, 0.29) is 24.2 Å². The Hall–Kier alpha value is -0.610. The SMILES string of the molecule is CC(OC1CCCCC1N)C(=O)NC1CCCC1. The molecule has 2 aliphatic rings. The molecule has 4 nitrogen and oxygen atoms in total. The van der Waals surface area contributed by atoms with Crippen LogP contribution in [0.3, 0.4) is 0 Å². The number of rotatable bonds is 4. The molecule has 0 radical (unpaired) electrons. The quantitative estimate of drug-likeness (QED) is 0.803. The third kappa shape index (κ3) is 3.69. The molecule has 104 valence electrons. The number of hydrogen-bond donors (Lipinski definition) is 2. The van der Waals surface area contributed by atoms with Crippen LogP contribution in [0.5, 0.6) is 0 Å². The second kappa shape index (κ2) is 6.53. The topological polar surface area (TPSA) is 64.3 Å². The Morgan fingerprint density at radius 1 is 1.17 bits per heavy atom. The second-order valence-corrected chi connectivity index (χ2v) is 5.76. The molecule has 2 aliphatic carbocycles. The number of carbonyl (C=O) groups excluding carboxylic acids is 1. The Morgan fingerprint density at radius 3 is 2.44 bits per heavy atom. The van der Waals surface area contributed by atoms with Crippen molar-refractivity contribution in [2.75, 3.05) is 0 Å². The van der Waals surface area contributed by atoms with Crippen molar-refractivity contribution >= 4 is 5.91 Å². The van der Waals surface area contributed by atoms with Gasteiger partial charge < -0.3 is 15.8 Å². The first-order valence-corrected chi connectivity index (χ1v) is 7.38. The van der Waals surface area contributed by atoms with Crippen LogP contribution in [-0.4, -0.2) is 30.2 Å². The molecule has 1 amide bonds. The van der Waals surface area contributed by atoms with E-state index in [0.29, 0.717) is 6.04 Å². The van der Waals surface area contributed by atoms with Crippen LogP contribution in [0, 0.1) is 0 Å². The van der Waals surface area contributed by atoms with Crippen molar-refractivity contribution in [3.8, 4) is 0 Å². The highest BCUT2D eigenvalue weighted by molar-refractivity contribution is 5.80. The van der Waals surface area contributed by atoms with Crippen molar-refractivity contribution < 1.29 is 9.53 Å². The van der Waals surface area contributed by atoms with Crippen LogP contribution in [0.15, 0.2) is 0 Å². The first-order chi connectivity index (χ1) is 8.66. The van der Waals surface area contributed by atoms with Gasteiger partial charge in [0, 0.05) is 12.1 Å². The summed E-state index contributed by atoms with van der Waals surface area (Å²) in [5.41, 5.74) is 6.03. The van der Waals surface area contributed by atoms with Gasteiger partial charge in [-0.15, -0.1) is 0 Å². The normalized spacial score (nSPS) is 31.2. The number of ether oxygens (including phenoxy) is 1. The van der Waals surface area contributed by atoms with Gasteiger partial charge >= 0.3 is 0 Å². The molecule has 3 unspecified atom stereocenters. The van der Waals surface area contributed by atoms with E-state index in [2.05, 4.69) is 5.32 Å². The summed E-state index contributed by atoms with van der Waals surface area (Å²) in [5, 5.41) is 3.08. The van der Waals surface area contributed by atoms with Gasteiger partial charge in [-0.25, -0.2) is 0 Å². The zero-order valence-corrected chi connectivity index (χ0v) is 11.4. The van der Waals surface area contributed by atoms with Gasteiger partial charge in [0.2, 0.25) is 5.91 Å². The van der Waals surface area contributed by atoms with Gasteiger partial charge in [-0.2, -0.15) is 0 Å². The monoisotopic (exact) mass is 254 g/mol. The minimum absolute atomic E-state index is 0.0275. The van der Waals surface area contributed by atoms with Crippen molar-refractivity contribution in [2.24, 2.45) is 5.73 Å². The molecular weight excluding hydrogens is 228 g/mol. The third-order valence-electron chi connectivity index (χ3n) is 4.20. The van der Waals surface area contributed by atoms with Gasteiger partial charge in [0.25, 0.3) is 0 Å². The number of hydrogen-bond acceptors (Lipinski definition) is 3. The van der Waals surface area contributed by atoms with Gasteiger partial charge in [0.1, 0.15) is 6.10 Å². The van der Waals surface area contributed by atoms with Crippen molar-refractivity contribution in [1.29, 1.82) is 0 Å². The Kier molecular flexibility index (Phi) is 5.01. The molecule has 0 bridgehead atoms. The van der Waals surface area contributed by atoms with Crippen molar-refractivity contribution in [1.82, 2.24) is 5.32 Å². The maximum Gasteiger partial charge on any atom is 0.249 e. The lowest BCUT2D eigenvalue weighted by molar-refractivity contribution is -0.137. The Balaban J connectivity index is 1.75.